The van der Waals surface area contributed by atoms with Crippen LogP contribution in [0.25, 0.3) is 0 Å². The first-order valence-corrected chi connectivity index (χ1v) is 6.43. The zero-order chi connectivity index (χ0) is 16.2. The smallest absolute Gasteiger partial charge is 0.337 e. The molecule has 0 radical (unpaired) electrons. The Labute approximate surface area is 129 Å². The predicted molar refractivity (Wildman–Crippen MR) is 77.1 cm³/mol. The monoisotopic (exact) mass is 334 g/mol. The number of carbonyl (C=O) groups is 3. The highest BCUT2D eigenvalue weighted by molar-refractivity contribution is 6.38. The minimum atomic E-state index is -1.29. The molecule has 1 rings (SSSR count). The first-order valence-electron chi connectivity index (χ1n) is 5.67. The van der Waals surface area contributed by atoms with Crippen LogP contribution >= 0.6 is 23.2 Å². The molecular formula is C12H12Cl2N2O5. The molecule has 9 heteroatoms. The van der Waals surface area contributed by atoms with Gasteiger partial charge < -0.3 is 26.1 Å². The molecule has 1 aromatic rings. The molecule has 0 aliphatic carbocycles. The summed E-state index contributed by atoms with van der Waals surface area (Å²) in [5, 5.41) is 20.4. The Morgan fingerprint density at radius 3 is 2.43 bits per heavy atom. The van der Waals surface area contributed by atoms with Gasteiger partial charge in [-0.3, -0.25) is 4.79 Å². The number of benzene rings is 1. The number of nitrogens with two attached hydrogens (primary N) is 1. The second-order valence-corrected chi connectivity index (χ2v) is 5.00. The normalized spacial score (nSPS) is 13.3. The Morgan fingerprint density at radius 1 is 1.33 bits per heavy atom. The van der Waals surface area contributed by atoms with E-state index in [9.17, 15) is 14.4 Å². The number of aromatic carboxylic acids is 1. The summed E-state index contributed by atoms with van der Waals surface area (Å²) in [5.41, 5.74) is 5.35. The van der Waals surface area contributed by atoms with E-state index in [2.05, 4.69) is 5.32 Å². The maximum Gasteiger partial charge on any atom is 0.337 e. The van der Waals surface area contributed by atoms with Gasteiger partial charge in [0.25, 0.3) is 0 Å². The largest absolute Gasteiger partial charge is 0.481 e. The number of carboxylic acids is 2. The molecule has 0 spiro atoms. The molecule has 0 bridgehead atoms. The number of carbonyl (C=O) groups excluding carboxylic acids is 1. The number of aliphatic carboxylic acids is 1. The van der Waals surface area contributed by atoms with Crippen LogP contribution in [0, 0.1) is 0 Å². The molecule has 21 heavy (non-hydrogen) atoms. The van der Waals surface area contributed by atoms with E-state index in [1.54, 1.807) is 0 Å². The molecule has 114 valence electrons. The minimum Gasteiger partial charge on any atom is -0.481 e. The molecule has 2 atom stereocenters. The van der Waals surface area contributed by atoms with Crippen molar-refractivity contribution in [1.29, 1.82) is 0 Å². The van der Waals surface area contributed by atoms with Crippen LogP contribution < -0.4 is 11.1 Å². The third kappa shape index (κ3) is 4.59. The first kappa shape index (κ1) is 17.2. The summed E-state index contributed by atoms with van der Waals surface area (Å²) in [7, 11) is 0. The number of aldehydes is 1. The molecule has 0 aliphatic rings. The summed E-state index contributed by atoms with van der Waals surface area (Å²) in [4.78, 5) is 32.6. The first-order chi connectivity index (χ1) is 9.76. The van der Waals surface area contributed by atoms with Crippen molar-refractivity contribution in [2.24, 2.45) is 5.73 Å². The fraction of sp³-hybridized carbons (Fsp3) is 0.250. The molecule has 7 nitrogen and oxygen atoms in total. The summed E-state index contributed by atoms with van der Waals surface area (Å²) in [5.74, 6) is -2.47. The van der Waals surface area contributed by atoms with Crippen LogP contribution in [0.15, 0.2) is 12.1 Å². The average Bonchev–Trinajstić information content (AvgIpc) is 2.39. The van der Waals surface area contributed by atoms with Gasteiger partial charge in [0.1, 0.15) is 6.29 Å². The van der Waals surface area contributed by atoms with E-state index in [1.807, 2.05) is 0 Å². The van der Waals surface area contributed by atoms with Crippen LogP contribution in [0.4, 0.5) is 5.69 Å². The Morgan fingerprint density at radius 2 is 1.95 bits per heavy atom. The molecule has 1 unspecified atom stereocenters. The third-order valence-electron chi connectivity index (χ3n) is 2.62. The minimum absolute atomic E-state index is 0.0881. The summed E-state index contributed by atoms with van der Waals surface area (Å²) >= 11 is 11.7. The van der Waals surface area contributed by atoms with Crippen molar-refractivity contribution in [2.45, 2.75) is 18.5 Å². The molecule has 0 heterocycles. The molecule has 0 saturated carbocycles. The topological polar surface area (TPSA) is 130 Å². The van der Waals surface area contributed by atoms with Crippen molar-refractivity contribution < 1.29 is 24.6 Å². The van der Waals surface area contributed by atoms with E-state index in [4.69, 9.17) is 39.1 Å². The van der Waals surface area contributed by atoms with Gasteiger partial charge in [-0.15, -0.1) is 0 Å². The van der Waals surface area contributed by atoms with E-state index >= 15 is 0 Å². The fourth-order valence-corrected chi connectivity index (χ4v) is 2.08. The number of anilines is 1. The summed E-state index contributed by atoms with van der Waals surface area (Å²) in [6.45, 7) is 0. The summed E-state index contributed by atoms with van der Waals surface area (Å²) in [6.07, 6.45) is -0.0671. The summed E-state index contributed by atoms with van der Waals surface area (Å²) in [6, 6.07) is 0.411. The molecular weight excluding hydrogens is 323 g/mol. The van der Waals surface area contributed by atoms with Crippen LogP contribution in [-0.2, 0) is 9.59 Å². The van der Waals surface area contributed by atoms with E-state index in [-0.39, 0.29) is 21.3 Å². The second kappa shape index (κ2) is 7.26. The lowest BCUT2D eigenvalue weighted by atomic mass is 10.1. The van der Waals surface area contributed by atoms with Gasteiger partial charge in [-0.1, -0.05) is 23.2 Å². The number of hydrogen-bond donors (Lipinski definition) is 4. The number of halogens is 2. The van der Waals surface area contributed by atoms with E-state index in [0.717, 1.165) is 6.07 Å². The van der Waals surface area contributed by atoms with E-state index in [0.29, 0.717) is 6.29 Å². The quantitative estimate of drug-likeness (QED) is 0.555. The maximum absolute atomic E-state index is 11.0. The van der Waals surface area contributed by atoms with Crippen molar-refractivity contribution in [3.8, 4) is 0 Å². The van der Waals surface area contributed by atoms with E-state index < -0.39 is 30.4 Å². The fourth-order valence-electron chi connectivity index (χ4n) is 1.62. The zero-order valence-corrected chi connectivity index (χ0v) is 12.1. The lowest BCUT2D eigenvalue weighted by Gasteiger charge is -2.22. The molecule has 0 aromatic heterocycles. The van der Waals surface area contributed by atoms with Crippen molar-refractivity contribution in [1.82, 2.24) is 0 Å². The van der Waals surface area contributed by atoms with Gasteiger partial charge in [0.05, 0.1) is 34.8 Å². The highest BCUT2D eigenvalue weighted by atomic mass is 35.5. The highest BCUT2D eigenvalue weighted by Gasteiger charge is 2.23. The molecule has 0 fully saturated rings. The molecule has 1 aromatic carbocycles. The van der Waals surface area contributed by atoms with Gasteiger partial charge >= 0.3 is 11.9 Å². The van der Waals surface area contributed by atoms with Crippen LogP contribution in [0.1, 0.15) is 16.8 Å². The van der Waals surface area contributed by atoms with Crippen LogP contribution in [0.5, 0.6) is 0 Å². The Balaban J connectivity index is 3.16. The number of carboxylic acid groups (broad SMARTS) is 2. The van der Waals surface area contributed by atoms with E-state index in [1.165, 1.54) is 6.07 Å². The van der Waals surface area contributed by atoms with Crippen LogP contribution in [0.3, 0.4) is 0 Å². The number of nitrogens with one attached hydrogen (secondary N) is 1. The standard InChI is InChI=1S/C12H12Cl2N2O5/c13-5-1-6(12(20)21)11(14)9(2-5)16-8(3-10(18)19)7(15)4-17/h1-2,4,7-8,16H,3,15H2,(H,18,19)(H,20,21)/t7-,8?/m1/s1. The van der Waals surface area contributed by atoms with Gasteiger partial charge in [0.15, 0.2) is 0 Å². The molecule has 5 N–H and O–H groups in total. The van der Waals surface area contributed by atoms with Crippen molar-refractivity contribution in [3.63, 3.8) is 0 Å². The Hall–Kier alpha value is -1.83. The van der Waals surface area contributed by atoms with Gasteiger partial charge in [0, 0.05) is 5.02 Å². The van der Waals surface area contributed by atoms with Gasteiger partial charge in [0.2, 0.25) is 0 Å². The van der Waals surface area contributed by atoms with Crippen LogP contribution in [-0.4, -0.2) is 40.5 Å². The van der Waals surface area contributed by atoms with Gasteiger partial charge in [-0.2, -0.15) is 0 Å². The lowest BCUT2D eigenvalue weighted by Crippen LogP contribution is -2.43. The third-order valence-corrected chi connectivity index (χ3v) is 3.25. The predicted octanol–water partition coefficient (Wildman–Crippen LogP) is 1.47. The SMILES string of the molecule is N[C@H](C=O)C(CC(=O)O)Nc1cc(Cl)cc(C(=O)O)c1Cl. The maximum atomic E-state index is 11.0. The Bertz CT molecular complexity index is 579. The van der Waals surface area contributed by atoms with Crippen molar-refractivity contribution in [2.75, 3.05) is 5.32 Å². The zero-order valence-electron chi connectivity index (χ0n) is 10.5. The molecule has 0 amide bonds. The second-order valence-electron chi connectivity index (χ2n) is 4.18. The highest BCUT2D eigenvalue weighted by Crippen LogP contribution is 2.31. The Kier molecular flexibility index (Phi) is 5.95. The van der Waals surface area contributed by atoms with Crippen molar-refractivity contribution >= 4 is 47.1 Å². The van der Waals surface area contributed by atoms with Gasteiger partial charge in [-0.05, 0) is 12.1 Å². The average molecular weight is 335 g/mol. The number of rotatable bonds is 7. The molecule has 0 saturated heterocycles. The number of hydrogen-bond acceptors (Lipinski definition) is 5. The molecule has 0 aliphatic heterocycles. The lowest BCUT2D eigenvalue weighted by molar-refractivity contribution is -0.137. The summed E-state index contributed by atoms with van der Waals surface area (Å²) < 4.78 is 0. The van der Waals surface area contributed by atoms with Gasteiger partial charge in [-0.25, -0.2) is 4.79 Å². The van der Waals surface area contributed by atoms with Crippen molar-refractivity contribution in [3.05, 3.63) is 27.7 Å². The van der Waals surface area contributed by atoms with Crippen LogP contribution in [0.2, 0.25) is 10.0 Å².